The van der Waals surface area contributed by atoms with Gasteiger partial charge in [0.1, 0.15) is 5.82 Å². The zero-order chi connectivity index (χ0) is 18.7. The third kappa shape index (κ3) is 4.11. The number of hydrogen-bond acceptors (Lipinski definition) is 3. The van der Waals surface area contributed by atoms with Gasteiger partial charge < -0.3 is 10.0 Å². The van der Waals surface area contributed by atoms with Crippen molar-refractivity contribution in [2.24, 2.45) is 5.92 Å². The highest BCUT2D eigenvalue weighted by Crippen LogP contribution is 2.26. The van der Waals surface area contributed by atoms with Crippen LogP contribution in [0.2, 0.25) is 10.0 Å². The van der Waals surface area contributed by atoms with Crippen LogP contribution < -0.4 is 5.32 Å². The third-order valence-electron chi connectivity index (χ3n) is 4.38. The molecule has 1 aromatic heterocycles. The molecule has 3 rings (SSSR count). The van der Waals surface area contributed by atoms with Gasteiger partial charge in [0.2, 0.25) is 0 Å². The number of carbonyl (C=O) groups excluding carboxylic acids is 1. The number of rotatable bonds is 4. The van der Waals surface area contributed by atoms with Crippen LogP contribution in [0.1, 0.15) is 18.4 Å². The van der Waals surface area contributed by atoms with Crippen LogP contribution in [0.15, 0.2) is 30.5 Å². The first kappa shape index (κ1) is 18.5. The number of halogens is 2. The van der Waals surface area contributed by atoms with E-state index in [4.69, 9.17) is 28.3 Å². The summed E-state index contributed by atoms with van der Waals surface area (Å²) in [5, 5.41) is 17.2. The topological polar surface area (TPSA) is 87.5 Å². The van der Waals surface area contributed by atoms with E-state index < -0.39 is 11.9 Å². The average Bonchev–Trinajstić information content (AvgIpc) is 3.05. The van der Waals surface area contributed by atoms with E-state index in [2.05, 4.69) is 10.4 Å². The molecule has 1 atom stereocenters. The van der Waals surface area contributed by atoms with Crippen LogP contribution >= 0.6 is 23.2 Å². The van der Waals surface area contributed by atoms with Gasteiger partial charge in [0.25, 0.3) is 0 Å². The summed E-state index contributed by atoms with van der Waals surface area (Å²) in [5.41, 5.74) is 0.707. The van der Waals surface area contributed by atoms with Crippen LogP contribution in [-0.4, -0.2) is 44.9 Å². The zero-order valence-electron chi connectivity index (χ0n) is 13.9. The number of hydrogen-bond donors (Lipinski definition) is 2. The number of benzene rings is 1. The number of aromatic nitrogens is 2. The molecule has 7 nitrogen and oxygen atoms in total. The number of aliphatic carboxylic acids is 1. The first-order chi connectivity index (χ1) is 12.5. The highest BCUT2D eigenvalue weighted by molar-refractivity contribution is 6.35. The quantitative estimate of drug-likeness (QED) is 0.826. The number of anilines is 1. The predicted molar refractivity (Wildman–Crippen MR) is 98.7 cm³/mol. The smallest absolute Gasteiger partial charge is 0.323 e. The minimum atomic E-state index is -0.874. The maximum Gasteiger partial charge on any atom is 0.323 e. The van der Waals surface area contributed by atoms with E-state index in [-0.39, 0.29) is 12.6 Å². The molecule has 1 aliphatic heterocycles. The molecule has 138 valence electrons. The number of carboxylic acid groups (broad SMARTS) is 1. The summed E-state index contributed by atoms with van der Waals surface area (Å²) < 4.78 is 1.59. The molecular weight excluding hydrogens is 379 g/mol. The summed E-state index contributed by atoms with van der Waals surface area (Å²) >= 11 is 12.4. The van der Waals surface area contributed by atoms with Gasteiger partial charge in [-0.1, -0.05) is 29.3 Å². The molecule has 26 heavy (non-hydrogen) atoms. The number of urea groups is 1. The Morgan fingerprint density at radius 1 is 1.27 bits per heavy atom. The maximum absolute atomic E-state index is 12.5. The molecule has 9 heteroatoms. The number of nitrogens with zero attached hydrogens (tertiary/aromatic N) is 3. The Hall–Kier alpha value is -2.25. The van der Waals surface area contributed by atoms with Crippen LogP contribution in [0, 0.1) is 5.92 Å². The van der Waals surface area contributed by atoms with E-state index in [1.54, 1.807) is 35.1 Å². The highest BCUT2D eigenvalue weighted by atomic mass is 35.5. The van der Waals surface area contributed by atoms with Crippen molar-refractivity contribution in [3.63, 3.8) is 0 Å². The molecule has 1 fully saturated rings. The molecule has 1 aromatic carbocycles. The first-order valence-corrected chi connectivity index (χ1v) is 8.94. The minimum absolute atomic E-state index is 0.200. The van der Waals surface area contributed by atoms with E-state index in [0.717, 1.165) is 0 Å². The summed E-state index contributed by atoms with van der Waals surface area (Å²) in [6.07, 6.45) is 2.82. The van der Waals surface area contributed by atoms with Gasteiger partial charge in [0, 0.05) is 34.8 Å². The van der Waals surface area contributed by atoms with E-state index in [1.165, 1.54) is 4.90 Å². The molecule has 1 unspecified atom stereocenters. The molecule has 2 amide bonds. The molecule has 2 heterocycles. The first-order valence-electron chi connectivity index (χ1n) is 8.19. The predicted octanol–water partition coefficient (Wildman–Crippen LogP) is 3.57. The molecule has 2 N–H and O–H groups in total. The second-order valence-electron chi connectivity index (χ2n) is 6.13. The van der Waals surface area contributed by atoms with Gasteiger partial charge in [-0.3, -0.25) is 10.1 Å². The minimum Gasteiger partial charge on any atom is -0.481 e. The number of carbonyl (C=O) groups is 2. The lowest BCUT2D eigenvalue weighted by Crippen LogP contribution is -2.44. The second-order valence-corrected chi connectivity index (χ2v) is 6.94. The standard InChI is InChI=1S/C17H18Cl2N4O3/c18-13-4-1-5-14(19)12(13)10-23-15(6-7-20-23)21-17(26)22-8-2-3-11(9-22)16(24)25/h1,4-7,11H,2-3,8-10H2,(H,21,26)(H,24,25). The van der Waals surface area contributed by atoms with Gasteiger partial charge in [-0.05, 0) is 25.0 Å². The molecule has 0 bridgehead atoms. The second kappa shape index (κ2) is 7.97. The lowest BCUT2D eigenvalue weighted by atomic mass is 9.99. The molecule has 0 spiro atoms. The Morgan fingerprint density at radius 2 is 2.00 bits per heavy atom. The van der Waals surface area contributed by atoms with Crippen LogP contribution in [0.5, 0.6) is 0 Å². The van der Waals surface area contributed by atoms with Gasteiger partial charge >= 0.3 is 12.0 Å². The van der Waals surface area contributed by atoms with Crippen molar-refractivity contribution < 1.29 is 14.7 Å². The highest BCUT2D eigenvalue weighted by Gasteiger charge is 2.28. The lowest BCUT2D eigenvalue weighted by molar-refractivity contribution is -0.143. The van der Waals surface area contributed by atoms with E-state index in [1.807, 2.05) is 0 Å². The molecule has 1 aliphatic rings. The van der Waals surface area contributed by atoms with Gasteiger partial charge in [-0.25, -0.2) is 9.48 Å². The van der Waals surface area contributed by atoms with Gasteiger partial charge in [0.05, 0.1) is 18.7 Å². The van der Waals surface area contributed by atoms with Crippen molar-refractivity contribution in [3.05, 3.63) is 46.1 Å². The van der Waals surface area contributed by atoms with Crippen molar-refractivity contribution >= 4 is 41.0 Å². The fraction of sp³-hybridized carbons (Fsp3) is 0.353. The van der Waals surface area contributed by atoms with E-state index in [0.29, 0.717) is 47.4 Å². The maximum atomic E-state index is 12.5. The Balaban J connectivity index is 1.71. The van der Waals surface area contributed by atoms with Gasteiger partial charge in [-0.15, -0.1) is 0 Å². The molecular formula is C17H18Cl2N4O3. The van der Waals surface area contributed by atoms with Crippen molar-refractivity contribution in [1.82, 2.24) is 14.7 Å². The number of nitrogens with one attached hydrogen (secondary N) is 1. The summed E-state index contributed by atoms with van der Waals surface area (Å²) in [6, 6.07) is 6.56. The number of likely N-dealkylation sites (tertiary alicyclic amines) is 1. The SMILES string of the molecule is O=C(O)C1CCCN(C(=O)Nc2ccnn2Cc2c(Cl)cccc2Cl)C1. The van der Waals surface area contributed by atoms with Crippen molar-refractivity contribution in [1.29, 1.82) is 0 Å². The molecule has 2 aromatic rings. The molecule has 1 saturated heterocycles. The van der Waals surface area contributed by atoms with Crippen molar-refractivity contribution in [3.8, 4) is 0 Å². The largest absolute Gasteiger partial charge is 0.481 e. The van der Waals surface area contributed by atoms with E-state index >= 15 is 0 Å². The Labute approximate surface area is 160 Å². The average molecular weight is 397 g/mol. The molecule has 0 radical (unpaired) electrons. The van der Waals surface area contributed by atoms with Crippen LogP contribution in [0.3, 0.4) is 0 Å². The number of piperidine rings is 1. The Bertz CT molecular complexity index is 804. The zero-order valence-corrected chi connectivity index (χ0v) is 15.4. The van der Waals surface area contributed by atoms with Crippen molar-refractivity contribution in [2.75, 3.05) is 18.4 Å². The normalized spacial score (nSPS) is 17.2. The van der Waals surface area contributed by atoms with Gasteiger partial charge in [0.15, 0.2) is 0 Å². The summed E-state index contributed by atoms with van der Waals surface area (Å²) in [4.78, 5) is 25.2. The Morgan fingerprint density at radius 3 is 2.69 bits per heavy atom. The lowest BCUT2D eigenvalue weighted by Gasteiger charge is -2.30. The summed E-state index contributed by atoms with van der Waals surface area (Å²) in [6.45, 7) is 1.03. The number of carboxylic acids is 1. The van der Waals surface area contributed by atoms with Gasteiger partial charge in [-0.2, -0.15) is 5.10 Å². The monoisotopic (exact) mass is 396 g/mol. The third-order valence-corrected chi connectivity index (χ3v) is 5.09. The fourth-order valence-electron chi connectivity index (χ4n) is 2.95. The molecule has 0 aliphatic carbocycles. The number of amides is 2. The summed E-state index contributed by atoms with van der Waals surface area (Å²) in [7, 11) is 0. The van der Waals surface area contributed by atoms with Crippen LogP contribution in [0.4, 0.5) is 10.6 Å². The van der Waals surface area contributed by atoms with Crippen LogP contribution in [-0.2, 0) is 11.3 Å². The van der Waals surface area contributed by atoms with Crippen molar-refractivity contribution in [2.45, 2.75) is 19.4 Å². The van der Waals surface area contributed by atoms with E-state index in [9.17, 15) is 9.59 Å². The Kier molecular flexibility index (Phi) is 5.68. The van der Waals surface area contributed by atoms with Crippen LogP contribution in [0.25, 0.3) is 0 Å². The molecule has 0 saturated carbocycles. The summed E-state index contributed by atoms with van der Waals surface area (Å²) in [5.74, 6) is -0.911. The fourth-order valence-corrected chi connectivity index (χ4v) is 3.47.